The predicted molar refractivity (Wildman–Crippen MR) is 67.1 cm³/mol. The highest BCUT2D eigenvalue weighted by molar-refractivity contribution is 7.84. The summed E-state index contributed by atoms with van der Waals surface area (Å²) in [5.74, 6) is -1.00. The van der Waals surface area contributed by atoms with Gasteiger partial charge in [0, 0.05) is 0 Å². The van der Waals surface area contributed by atoms with Crippen LogP contribution in [0.5, 0.6) is 5.75 Å². The zero-order chi connectivity index (χ0) is 12.4. The summed E-state index contributed by atoms with van der Waals surface area (Å²) in [5, 5.41) is 9.09. The molecule has 4 heteroatoms. The number of phenols is 1. The SMILES string of the molecule is C[SH+](=O)c1ccc(-c2ccc(O)c(F)c2)cc1. The molecule has 0 aromatic heterocycles. The third-order valence-electron chi connectivity index (χ3n) is 2.51. The topological polar surface area (TPSA) is 37.3 Å². The van der Waals surface area contributed by atoms with Gasteiger partial charge in [0.25, 0.3) is 0 Å². The minimum absolute atomic E-state index is 0.359. The van der Waals surface area contributed by atoms with Gasteiger partial charge < -0.3 is 5.11 Å². The number of benzene rings is 2. The zero-order valence-corrected chi connectivity index (χ0v) is 10.1. The average Bonchev–Trinajstić information content (AvgIpc) is 2.33. The second-order valence-electron chi connectivity index (χ2n) is 3.71. The van der Waals surface area contributed by atoms with E-state index >= 15 is 0 Å². The third-order valence-corrected chi connectivity index (χ3v) is 3.54. The fraction of sp³-hybridized carbons (Fsp3) is 0.0769. The fourth-order valence-electron chi connectivity index (χ4n) is 1.55. The molecule has 1 N–H and O–H groups in total. The summed E-state index contributed by atoms with van der Waals surface area (Å²) in [7, 11) is -1.35. The summed E-state index contributed by atoms with van der Waals surface area (Å²) >= 11 is 0. The molecule has 0 saturated carbocycles. The Hall–Kier alpha value is -1.68. The number of rotatable bonds is 2. The van der Waals surface area contributed by atoms with Crippen LogP contribution in [0.25, 0.3) is 11.1 Å². The first-order valence-corrected chi connectivity index (χ1v) is 6.78. The largest absolute Gasteiger partial charge is 0.505 e. The second kappa shape index (κ2) is 4.67. The van der Waals surface area contributed by atoms with Crippen molar-refractivity contribution in [2.24, 2.45) is 0 Å². The molecule has 1 unspecified atom stereocenters. The number of thiol groups is 1. The molecule has 2 aromatic rings. The van der Waals surface area contributed by atoms with Crippen LogP contribution in [0.3, 0.4) is 0 Å². The molecule has 0 radical (unpaired) electrons. The lowest BCUT2D eigenvalue weighted by Crippen LogP contribution is -1.86. The van der Waals surface area contributed by atoms with E-state index in [1.807, 2.05) is 0 Å². The van der Waals surface area contributed by atoms with Gasteiger partial charge in [-0.3, -0.25) is 0 Å². The van der Waals surface area contributed by atoms with Gasteiger partial charge in [0.05, 0.1) is 0 Å². The van der Waals surface area contributed by atoms with Crippen molar-refractivity contribution in [3.63, 3.8) is 0 Å². The van der Waals surface area contributed by atoms with Gasteiger partial charge in [-0.2, -0.15) is 0 Å². The number of phenolic OH excluding ortho intramolecular Hbond substituents is 1. The van der Waals surface area contributed by atoms with Crippen LogP contribution in [0.4, 0.5) is 4.39 Å². The predicted octanol–water partition coefficient (Wildman–Crippen LogP) is 2.88. The van der Waals surface area contributed by atoms with Crippen molar-refractivity contribution in [3.05, 3.63) is 48.3 Å². The van der Waals surface area contributed by atoms with Crippen molar-refractivity contribution in [3.8, 4) is 16.9 Å². The molecule has 0 aliphatic carbocycles. The van der Waals surface area contributed by atoms with Crippen molar-refractivity contribution >= 4 is 10.8 Å². The van der Waals surface area contributed by atoms with Crippen molar-refractivity contribution in [1.29, 1.82) is 0 Å². The van der Waals surface area contributed by atoms with E-state index in [2.05, 4.69) is 0 Å². The van der Waals surface area contributed by atoms with Crippen LogP contribution in [-0.2, 0) is 15.0 Å². The van der Waals surface area contributed by atoms with E-state index in [1.54, 1.807) is 36.6 Å². The van der Waals surface area contributed by atoms with Gasteiger partial charge in [-0.1, -0.05) is 6.07 Å². The molecule has 0 saturated heterocycles. The van der Waals surface area contributed by atoms with Gasteiger partial charge in [-0.05, 0) is 47.5 Å². The van der Waals surface area contributed by atoms with Crippen molar-refractivity contribution in [1.82, 2.24) is 0 Å². The Morgan fingerprint density at radius 1 is 1.06 bits per heavy atom. The molecule has 88 valence electrons. The molecule has 0 heterocycles. The van der Waals surface area contributed by atoms with E-state index in [0.717, 1.165) is 10.5 Å². The maximum absolute atomic E-state index is 13.2. The number of hydrogen-bond donors (Lipinski definition) is 1. The number of hydrogen-bond acceptors (Lipinski definition) is 2. The first kappa shape index (κ1) is 11.8. The van der Waals surface area contributed by atoms with Crippen LogP contribution in [0.15, 0.2) is 47.4 Å². The Bertz CT molecular complexity index is 564. The Morgan fingerprint density at radius 3 is 2.18 bits per heavy atom. The van der Waals surface area contributed by atoms with E-state index < -0.39 is 16.6 Å². The quantitative estimate of drug-likeness (QED) is 0.658. The highest BCUT2D eigenvalue weighted by Crippen LogP contribution is 2.25. The summed E-state index contributed by atoms with van der Waals surface area (Å²) in [6, 6.07) is 11.3. The standard InChI is InChI=1S/C13H11FO2S/c1-17(16)11-5-2-9(3-6-11)10-4-7-13(15)12(14)8-10/h2-8,15H,1H3/p+1. The highest BCUT2D eigenvalue weighted by Gasteiger charge is 2.06. The normalized spacial score (nSPS) is 12.4. The van der Waals surface area contributed by atoms with Gasteiger partial charge >= 0.3 is 0 Å². The molecule has 0 aliphatic heterocycles. The van der Waals surface area contributed by atoms with Gasteiger partial charge in [0.15, 0.2) is 16.5 Å². The minimum Gasteiger partial charge on any atom is -0.505 e. The van der Waals surface area contributed by atoms with E-state index in [4.69, 9.17) is 5.11 Å². The van der Waals surface area contributed by atoms with Crippen LogP contribution in [0.2, 0.25) is 0 Å². The van der Waals surface area contributed by atoms with Crippen LogP contribution in [-0.4, -0.2) is 11.4 Å². The van der Waals surface area contributed by atoms with Crippen molar-refractivity contribution in [2.45, 2.75) is 4.90 Å². The second-order valence-corrected chi connectivity index (χ2v) is 5.22. The summed E-state index contributed by atoms with van der Waals surface area (Å²) in [6.45, 7) is 0. The zero-order valence-electron chi connectivity index (χ0n) is 9.22. The first-order valence-electron chi connectivity index (χ1n) is 5.08. The first-order chi connectivity index (χ1) is 8.08. The third kappa shape index (κ3) is 2.53. The maximum Gasteiger partial charge on any atom is 0.165 e. The van der Waals surface area contributed by atoms with Crippen molar-refractivity contribution < 1.29 is 13.7 Å². The smallest absolute Gasteiger partial charge is 0.165 e. The molecule has 1 atom stereocenters. The van der Waals surface area contributed by atoms with Crippen LogP contribution < -0.4 is 0 Å². The lowest BCUT2D eigenvalue weighted by Gasteiger charge is -2.02. The number of aromatic hydroxyl groups is 1. The Kier molecular flexibility index (Phi) is 3.24. The Balaban J connectivity index is 2.39. The monoisotopic (exact) mass is 251 g/mol. The van der Waals surface area contributed by atoms with Gasteiger partial charge in [0.1, 0.15) is 17.1 Å². The lowest BCUT2D eigenvalue weighted by atomic mass is 10.1. The Morgan fingerprint density at radius 2 is 1.65 bits per heavy atom. The highest BCUT2D eigenvalue weighted by atomic mass is 32.2. The van der Waals surface area contributed by atoms with E-state index in [-0.39, 0.29) is 5.75 Å². The molecule has 0 aliphatic rings. The summed E-state index contributed by atoms with van der Waals surface area (Å²) in [5.41, 5.74) is 1.50. The Labute approximate surface area is 101 Å². The summed E-state index contributed by atoms with van der Waals surface area (Å²) < 4.78 is 24.4. The minimum atomic E-state index is -1.35. The van der Waals surface area contributed by atoms with E-state index in [9.17, 15) is 8.60 Å². The molecule has 0 fully saturated rings. The number of halogens is 1. The van der Waals surface area contributed by atoms with Gasteiger partial charge in [-0.15, -0.1) is 4.21 Å². The summed E-state index contributed by atoms with van der Waals surface area (Å²) in [6.07, 6.45) is 1.64. The molecule has 2 nitrogen and oxygen atoms in total. The fourth-order valence-corrected chi connectivity index (χ4v) is 2.12. The van der Waals surface area contributed by atoms with Crippen LogP contribution >= 0.6 is 0 Å². The lowest BCUT2D eigenvalue weighted by molar-refractivity contribution is 0.432. The molecule has 0 bridgehead atoms. The molecule has 0 spiro atoms. The molecule has 17 heavy (non-hydrogen) atoms. The van der Waals surface area contributed by atoms with Crippen LogP contribution in [0.1, 0.15) is 0 Å². The van der Waals surface area contributed by atoms with Crippen molar-refractivity contribution in [2.75, 3.05) is 6.26 Å². The molecular formula is C13H12FO2S+. The molecular weight excluding hydrogens is 239 g/mol. The molecule has 2 aromatic carbocycles. The maximum atomic E-state index is 13.2. The van der Waals surface area contributed by atoms with Gasteiger partial charge in [0.2, 0.25) is 0 Å². The molecule has 2 rings (SSSR count). The van der Waals surface area contributed by atoms with Gasteiger partial charge in [-0.25, -0.2) is 4.39 Å². The van der Waals surface area contributed by atoms with E-state index in [1.165, 1.54) is 12.1 Å². The van der Waals surface area contributed by atoms with Crippen LogP contribution in [0, 0.1) is 5.82 Å². The molecule has 0 amide bonds. The van der Waals surface area contributed by atoms with E-state index in [0.29, 0.717) is 5.56 Å². The average molecular weight is 251 g/mol. The summed E-state index contributed by atoms with van der Waals surface area (Å²) in [4.78, 5) is 0.767.